The largest absolute Gasteiger partial charge is 0.381 e. The molecule has 1 heterocycles. The second kappa shape index (κ2) is 14.2. The fourth-order valence-corrected chi connectivity index (χ4v) is 3.27. The van der Waals surface area contributed by atoms with E-state index in [4.69, 9.17) is 14.5 Å². The number of nitrogens with zero attached hydrogens (tertiary/aromatic N) is 1. The van der Waals surface area contributed by atoms with Gasteiger partial charge in [-0.05, 0) is 43.7 Å². The van der Waals surface area contributed by atoms with Crippen molar-refractivity contribution in [3.05, 3.63) is 35.4 Å². The van der Waals surface area contributed by atoms with Crippen molar-refractivity contribution in [1.82, 2.24) is 10.6 Å². The average Bonchev–Trinajstić information content (AvgIpc) is 2.72. The lowest BCUT2D eigenvalue weighted by molar-refractivity contribution is -0.0320. The molecule has 166 valence electrons. The van der Waals surface area contributed by atoms with Crippen LogP contribution in [-0.4, -0.2) is 51.5 Å². The van der Waals surface area contributed by atoms with Crippen LogP contribution < -0.4 is 10.6 Å². The molecule has 2 rings (SSSR count). The van der Waals surface area contributed by atoms with E-state index in [0.29, 0.717) is 6.10 Å². The summed E-state index contributed by atoms with van der Waals surface area (Å²) in [6.07, 6.45) is 4.46. The molecule has 1 aromatic rings. The fraction of sp³-hybridized carbons (Fsp3) is 0.696. The van der Waals surface area contributed by atoms with Crippen molar-refractivity contribution in [2.24, 2.45) is 4.99 Å². The minimum atomic E-state index is 0. The zero-order valence-electron chi connectivity index (χ0n) is 18.6. The highest BCUT2D eigenvalue weighted by Gasteiger charge is 2.20. The maximum absolute atomic E-state index is 5.94. The topological polar surface area (TPSA) is 54.9 Å². The summed E-state index contributed by atoms with van der Waals surface area (Å²) in [5, 5.41) is 6.78. The van der Waals surface area contributed by atoms with Gasteiger partial charge >= 0.3 is 0 Å². The van der Waals surface area contributed by atoms with Crippen molar-refractivity contribution >= 4 is 29.9 Å². The molecule has 0 amide bonds. The Morgan fingerprint density at radius 2 is 1.83 bits per heavy atom. The third-order valence-electron chi connectivity index (χ3n) is 5.26. The Kier molecular flexibility index (Phi) is 12.8. The number of guanidine groups is 1. The van der Waals surface area contributed by atoms with Gasteiger partial charge in [0.1, 0.15) is 0 Å². The van der Waals surface area contributed by atoms with E-state index < -0.39 is 0 Å². The molecule has 0 atom stereocenters. The Bertz CT molecular complexity index is 584. The van der Waals surface area contributed by atoms with Gasteiger partial charge in [0.25, 0.3) is 0 Å². The van der Waals surface area contributed by atoms with E-state index in [1.807, 2.05) is 0 Å². The number of halogens is 1. The SMILES string of the molecule is CCNC(=NCC(C)(C)c1ccc(CC)cc1)NCCCOC1CCOCC1.I. The Labute approximate surface area is 194 Å². The molecule has 0 spiro atoms. The summed E-state index contributed by atoms with van der Waals surface area (Å²) in [4.78, 5) is 4.83. The Balaban J connectivity index is 0.00000420. The summed E-state index contributed by atoms with van der Waals surface area (Å²) in [5.74, 6) is 0.881. The summed E-state index contributed by atoms with van der Waals surface area (Å²) in [5.41, 5.74) is 2.70. The van der Waals surface area contributed by atoms with Crippen LogP contribution in [0.1, 0.15) is 58.1 Å². The van der Waals surface area contributed by atoms with Crippen molar-refractivity contribution in [3.8, 4) is 0 Å². The quantitative estimate of drug-likeness (QED) is 0.211. The molecule has 1 saturated heterocycles. The summed E-state index contributed by atoms with van der Waals surface area (Å²) >= 11 is 0. The summed E-state index contributed by atoms with van der Waals surface area (Å²) in [6, 6.07) is 8.93. The van der Waals surface area contributed by atoms with Gasteiger partial charge in [-0.15, -0.1) is 24.0 Å². The first kappa shape index (κ1) is 26.2. The minimum absolute atomic E-state index is 0. The van der Waals surface area contributed by atoms with Crippen LogP contribution in [0.25, 0.3) is 0 Å². The van der Waals surface area contributed by atoms with Gasteiger partial charge in [-0.1, -0.05) is 45.0 Å². The summed E-state index contributed by atoms with van der Waals surface area (Å²) in [6.45, 7) is 13.7. The van der Waals surface area contributed by atoms with Gasteiger partial charge in [0.05, 0.1) is 12.6 Å². The highest BCUT2D eigenvalue weighted by atomic mass is 127. The van der Waals surface area contributed by atoms with Crippen LogP contribution >= 0.6 is 24.0 Å². The summed E-state index contributed by atoms with van der Waals surface area (Å²) < 4.78 is 11.3. The molecular weight excluding hydrogens is 477 g/mol. The Morgan fingerprint density at radius 1 is 1.14 bits per heavy atom. The molecule has 1 aliphatic rings. The van der Waals surface area contributed by atoms with Gasteiger partial charge < -0.3 is 20.1 Å². The number of aryl methyl sites for hydroxylation is 1. The number of ether oxygens (including phenoxy) is 2. The molecule has 29 heavy (non-hydrogen) atoms. The molecule has 1 aromatic carbocycles. The first-order valence-electron chi connectivity index (χ1n) is 10.9. The number of benzene rings is 1. The number of nitrogens with one attached hydrogen (secondary N) is 2. The highest BCUT2D eigenvalue weighted by molar-refractivity contribution is 14.0. The van der Waals surface area contributed by atoms with Crippen LogP contribution in [0, 0.1) is 0 Å². The second-order valence-corrected chi connectivity index (χ2v) is 8.09. The van der Waals surface area contributed by atoms with Crippen LogP contribution in [-0.2, 0) is 21.3 Å². The number of aliphatic imine (C=N–C) groups is 1. The van der Waals surface area contributed by atoms with E-state index in [-0.39, 0.29) is 29.4 Å². The molecule has 0 radical (unpaired) electrons. The Morgan fingerprint density at radius 3 is 2.45 bits per heavy atom. The zero-order chi connectivity index (χ0) is 20.2. The minimum Gasteiger partial charge on any atom is -0.381 e. The van der Waals surface area contributed by atoms with Crippen molar-refractivity contribution in [3.63, 3.8) is 0 Å². The average molecular weight is 517 g/mol. The molecule has 0 unspecified atom stereocenters. The van der Waals surface area contributed by atoms with Gasteiger partial charge in [-0.25, -0.2) is 0 Å². The summed E-state index contributed by atoms with van der Waals surface area (Å²) in [7, 11) is 0. The molecule has 6 heteroatoms. The molecule has 0 bridgehead atoms. The molecular formula is C23H40IN3O2. The van der Waals surface area contributed by atoms with Gasteiger partial charge in [0.15, 0.2) is 5.96 Å². The van der Waals surface area contributed by atoms with Gasteiger partial charge in [0, 0.05) is 38.3 Å². The lowest BCUT2D eigenvalue weighted by Crippen LogP contribution is -2.39. The van der Waals surface area contributed by atoms with Gasteiger partial charge in [-0.3, -0.25) is 4.99 Å². The van der Waals surface area contributed by atoms with Gasteiger partial charge in [0.2, 0.25) is 0 Å². The first-order valence-corrected chi connectivity index (χ1v) is 10.9. The smallest absolute Gasteiger partial charge is 0.191 e. The third-order valence-corrected chi connectivity index (χ3v) is 5.26. The Hall–Kier alpha value is -0.860. The van der Waals surface area contributed by atoms with Crippen LogP contribution in [0.2, 0.25) is 0 Å². The lowest BCUT2D eigenvalue weighted by atomic mass is 9.84. The van der Waals surface area contributed by atoms with Crippen molar-refractivity contribution < 1.29 is 9.47 Å². The molecule has 0 aliphatic carbocycles. The van der Waals surface area contributed by atoms with Crippen LogP contribution in [0.4, 0.5) is 0 Å². The second-order valence-electron chi connectivity index (χ2n) is 8.09. The fourth-order valence-electron chi connectivity index (χ4n) is 3.27. The van der Waals surface area contributed by atoms with Crippen molar-refractivity contribution in [2.75, 3.05) is 39.5 Å². The van der Waals surface area contributed by atoms with Crippen molar-refractivity contribution in [2.45, 2.75) is 64.9 Å². The predicted molar refractivity (Wildman–Crippen MR) is 133 cm³/mol. The number of hydrogen-bond acceptors (Lipinski definition) is 3. The van der Waals surface area contributed by atoms with E-state index in [0.717, 1.165) is 71.1 Å². The first-order chi connectivity index (χ1) is 13.5. The predicted octanol–water partition coefficient (Wildman–Crippen LogP) is 4.29. The van der Waals surface area contributed by atoms with E-state index in [9.17, 15) is 0 Å². The molecule has 2 N–H and O–H groups in total. The molecule has 5 nitrogen and oxygen atoms in total. The molecule has 0 aromatic heterocycles. The molecule has 1 fully saturated rings. The highest BCUT2D eigenvalue weighted by Crippen LogP contribution is 2.24. The van der Waals surface area contributed by atoms with E-state index in [1.165, 1.54) is 11.1 Å². The van der Waals surface area contributed by atoms with Crippen LogP contribution in [0.3, 0.4) is 0 Å². The number of rotatable bonds is 10. The monoisotopic (exact) mass is 517 g/mol. The maximum Gasteiger partial charge on any atom is 0.191 e. The van der Waals surface area contributed by atoms with Gasteiger partial charge in [-0.2, -0.15) is 0 Å². The normalized spacial score (nSPS) is 15.7. The van der Waals surface area contributed by atoms with E-state index in [1.54, 1.807) is 0 Å². The third kappa shape index (κ3) is 9.66. The van der Waals surface area contributed by atoms with Crippen LogP contribution in [0.5, 0.6) is 0 Å². The number of hydrogen-bond donors (Lipinski definition) is 2. The van der Waals surface area contributed by atoms with E-state index in [2.05, 4.69) is 62.6 Å². The zero-order valence-corrected chi connectivity index (χ0v) is 21.0. The standard InChI is InChI=1S/C23H39N3O2.HI/c1-5-19-8-10-20(11-9-19)23(3,4)18-26-22(24-6-2)25-14-7-15-28-21-12-16-27-17-13-21;/h8-11,21H,5-7,12-18H2,1-4H3,(H2,24,25,26);1H. The maximum atomic E-state index is 5.94. The van der Waals surface area contributed by atoms with E-state index >= 15 is 0 Å². The lowest BCUT2D eigenvalue weighted by Gasteiger charge is -2.24. The molecule has 0 saturated carbocycles. The van der Waals surface area contributed by atoms with Crippen LogP contribution in [0.15, 0.2) is 29.3 Å². The molecule has 1 aliphatic heterocycles. The van der Waals surface area contributed by atoms with Crippen molar-refractivity contribution in [1.29, 1.82) is 0 Å².